The fourth-order valence-electron chi connectivity index (χ4n) is 3.82. The van der Waals surface area contributed by atoms with Crippen LogP contribution in [0.15, 0.2) is 102 Å². The number of ether oxygens (including phenoxy) is 2. The molecule has 1 N–H and O–H groups in total. The molecule has 0 saturated heterocycles. The molecule has 2 aromatic heterocycles. The van der Waals surface area contributed by atoms with Crippen LogP contribution in [0.3, 0.4) is 0 Å². The summed E-state index contributed by atoms with van der Waals surface area (Å²) in [6.45, 7) is 1.57. The number of nitrogens with one attached hydrogen (secondary N) is 1. The van der Waals surface area contributed by atoms with Crippen LogP contribution in [0.1, 0.15) is 22.3 Å². The third-order valence-corrected chi connectivity index (χ3v) is 6.27. The minimum Gasteiger partial charge on any atom is -0.493 e. The van der Waals surface area contributed by atoms with Gasteiger partial charge in [-0.2, -0.15) is 0 Å². The molecule has 0 fully saturated rings. The smallest absolute Gasteiger partial charge is 0.251 e. The Morgan fingerprint density at radius 2 is 1.65 bits per heavy atom. The fourth-order valence-corrected chi connectivity index (χ4v) is 4.08. The molecule has 186 valence electrons. The molecule has 0 aliphatic heterocycles. The summed E-state index contributed by atoms with van der Waals surface area (Å²) in [5.41, 5.74) is 4.14. The van der Waals surface area contributed by atoms with E-state index < -0.39 is 0 Å². The zero-order chi connectivity index (χ0) is 25.5. The first-order valence-electron chi connectivity index (χ1n) is 11.9. The molecule has 5 aromatic rings. The number of rotatable bonds is 10. The maximum Gasteiger partial charge on any atom is 0.251 e. The van der Waals surface area contributed by atoms with Gasteiger partial charge in [0.25, 0.3) is 5.91 Å². The molecule has 0 bridgehead atoms. The van der Waals surface area contributed by atoms with E-state index in [9.17, 15) is 4.79 Å². The molecule has 0 unspecified atom stereocenters. The molecular formula is C29H25BrN4O3. The van der Waals surface area contributed by atoms with E-state index in [0.29, 0.717) is 25.3 Å². The van der Waals surface area contributed by atoms with Crippen molar-refractivity contribution in [2.45, 2.75) is 13.0 Å². The standard InChI is InChI=1S/C29H25BrN4O3/c30-23-5-9-25(10-6-23)36-15-2-16-37-26-11-7-24(8-12-26)34-20-33-27-17-22(4-13-28(27)34)29(35)32-19-21-3-1-14-31-18-21/h1,3-14,17-18,20H,2,15-16,19H2,(H,32,35). The first kappa shape index (κ1) is 24.5. The van der Waals surface area contributed by atoms with E-state index in [1.165, 1.54) is 0 Å². The lowest BCUT2D eigenvalue weighted by Gasteiger charge is -2.10. The van der Waals surface area contributed by atoms with E-state index >= 15 is 0 Å². The van der Waals surface area contributed by atoms with E-state index in [4.69, 9.17) is 9.47 Å². The molecule has 3 aromatic carbocycles. The number of carbonyl (C=O) groups is 1. The van der Waals surface area contributed by atoms with Crippen LogP contribution in [-0.4, -0.2) is 33.7 Å². The number of aromatic nitrogens is 3. The van der Waals surface area contributed by atoms with Crippen molar-refractivity contribution in [2.75, 3.05) is 13.2 Å². The van der Waals surface area contributed by atoms with Crippen LogP contribution in [0.25, 0.3) is 16.7 Å². The number of nitrogens with zero attached hydrogens (tertiary/aromatic N) is 3. The van der Waals surface area contributed by atoms with Gasteiger partial charge in [-0.3, -0.25) is 14.3 Å². The van der Waals surface area contributed by atoms with Crippen molar-refractivity contribution < 1.29 is 14.3 Å². The van der Waals surface area contributed by atoms with E-state index in [-0.39, 0.29) is 5.91 Å². The van der Waals surface area contributed by atoms with Crippen molar-refractivity contribution in [3.05, 3.63) is 113 Å². The molecule has 0 aliphatic carbocycles. The van der Waals surface area contributed by atoms with Crippen LogP contribution in [0, 0.1) is 0 Å². The average Bonchev–Trinajstić information content (AvgIpc) is 3.37. The highest BCUT2D eigenvalue weighted by molar-refractivity contribution is 9.10. The van der Waals surface area contributed by atoms with Gasteiger partial charge in [-0.1, -0.05) is 22.0 Å². The molecule has 8 heteroatoms. The lowest BCUT2D eigenvalue weighted by molar-refractivity contribution is 0.0951. The van der Waals surface area contributed by atoms with E-state index in [2.05, 4.69) is 31.2 Å². The number of amides is 1. The molecule has 0 aliphatic rings. The van der Waals surface area contributed by atoms with E-state index in [0.717, 1.165) is 44.7 Å². The summed E-state index contributed by atoms with van der Waals surface area (Å²) in [6, 6.07) is 24.9. The predicted molar refractivity (Wildman–Crippen MR) is 146 cm³/mol. The molecule has 1 amide bonds. The number of fused-ring (bicyclic) bond motifs is 1. The van der Waals surface area contributed by atoms with Crippen LogP contribution < -0.4 is 14.8 Å². The second-order valence-corrected chi connectivity index (χ2v) is 9.28. The number of halogens is 1. The van der Waals surface area contributed by atoms with Crippen LogP contribution >= 0.6 is 15.9 Å². The Morgan fingerprint density at radius 1 is 0.919 bits per heavy atom. The quantitative estimate of drug-likeness (QED) is 0.215. The molecule has 2 heterocycles. The number of benzene rings is 3. The van der Waals surface area contributed by atoms with Gasteiger partial charge in [-0.25, -0.2) is 4.98 Å². The highest BCUT2D eigenvalue weighted by atomic mass is 79.9. The van der Waals surface area contributed by atoms with Gasteiger partial charge in [0.15, 0.2) is 0 Å². The summed E-state index contributed by atoms with van der Waals surface area (Å²) in [7, 11) is 0. The van der Waals surface area contributed by atoms with Gasteiger partial charge in [0, 0.05) is 41.1 Å². The van der Waals surface area contributed by atoms with Crippen molar-refractivity contribution in [1.82, 2.24) is 19.9 Å². The van der Waals surface area contributed by atoms with Crippen molar-refractivity contribution in [1.29, 1.82) is 0 Å². The lowest BCUT2D eigenvalue weighted by atomic mass is 10.1. The number of imidazole rings is 1. The molecule has 0 spiro atoms. The summed E-state index contributed by atoms with van der Waals surface area (Å²) in [4.78, 5) is 21.2. The second-order valence-electron chi connectivity index (χ2n) is 8.36. The lowest BCUT2D eigenvalue weighted by Crippen LogP contribution is -2.22. The number of pyridine rings is 1. The Kier molecular flexibility index (Phi) is 7.76. The Labute approximate surface area is 223 Å². The van der Waals surface area contributed by atoms with Crippen LogP contribution in [-0.2, 0) is 6.54 Å². The number of hydrogen-bond donors (Lipinski definition) is 1. The van der Waals surface area contributed by atoms with Crippen LogP contribution in [0.5, 0.6) is 11.5 Å². The number of hydrogen-bond acceptors (Lipinski definition) is 5. The van der Waals surface area contributed by atoms with Gasteiger partial charge < -0.3 is 14.8 Å². The van der Waals surface area contributed by atoms with Crippen molar-refractivity contribution in [3.63, 3.8) is 0 Å². The van der Waals surface area contributed by atoms with Gasteiger partial charge >= 0.3 is 0 Å². The van der Waals surface area contributed by atoms with Gasteiger partial charge in [0.1, 0.15) is 17.8 Å². The van der Waals surface area contributed by atoms with E-state index in [1.54, 1.807) is 24.8 Å². The van der Waals surface area contributed by atoms with E-state index in [1.807, 2.05) is 77.4 Å². The third kappa shape index (κ3) is 6.34. The molecule has 37 heavy (non-hydrogen) atoms. The Hall–Kier alpha value is -4.17. The number of carbonyl (C=O) groups excluding carboxylic acids is 1. The fraction of sp³-hybridized carbons (Fsp3) is 0.138. The third-order valence-electron chi connectivity index (χ3n) is 5.74. The van der Waals surface area contributed by atoms with Gasteiger partial charge in [-0.15, -0.1) is 0 Å². The molecule has 5 rings (SSSR count). The van der Waals surface area contributed by atoms with Crippen molar-refractivity contribution >= 4 is 32.9 Å². The molecular weight excluding hydrogens is 532 g/mol. The Bertz CT molecular complexity index is 1470. The maximum atomic E-state index is 12.6. The van der Waals surface area contributed by atoms with Crippen LogP contribution in [0.4, 0.5) is 0 Å². The highest BCUT2D eigenvalue weighted by Crippen LogP contribution is 2.22. The largest absolute Gasteiger partial charge is 0.493 e. The first-order chi connectivity index (χ1) is 18.2. The molecule has 0 saturated carbocycles. The minimum atomic E-state index is -0.149. The summed E-state index contributed by atoms with van der Waals surface area (Å²) in [5.74, 6) is 1.49. The van der Waals surface area contributed by atoms with Crippen molar-refractivity contribution in [2.24, 2.45) is 0 Å². The SMILES string of the molecule is O=C(NCc1cccnc1)c1ccc2c(c1)ncn2-c1ccc(OCCCOc2ccc(Br)cc2)cc1. The summed E-state index contributed by atoms with van der Waals surface area (Å²) in [6.07, 6.45) is 5.99. The first-order valence-corrected chi connectivity index (χ1v) is 12.7. The predicted octanol–water partition coefficient (Wildman–Crippen LogP) is 5.96. The molecule has 0 radical (unpaired) electrons. The summed E-state index contributed by atoms with van der Waals surface area (Å²) in [5, 5.41) is 2.92. The van der Waals surface area contributed by atoms with Gasteiger partial charge in [0.05, 0.1) is 24.2 Å². The van der Waals surface area contributed by atoms with Gasteiger partial charge in [0.2, 0.25) is 0 Å². The zero-order valence-electron chi connectivity index (χ0n) is 20.0. The average molecular weight is 557 g/mol. The molecule has 7 nitrogen and oxygen atoms in total. The topological polar surface area (TPSA) is 78.3 Å². The normalized spacial score (nSPS) is 10.8. The second kappa shape index (κ2) is 11.7. The monoisotopic (exact) mass is 556 g/mol. The minimum absolute atomic E-state index is 0.149. The maximum absolute atomic E-state index is 12.6. The van der Waals surface area contributed by atoms with Gasteiger partial charge in [-0.05, 0) is 78.4 Å². The van der Waals surface area contributed by atoms with Crippen LogP contribution in [0.2, 0.25) is 0 Å². The highest BCUT2D eigenvalue weighted by Gasteiger charge is 2.10. The Morgan fingerprint density at radius 3 is 2.35 bits per heavy atom. The summed E-state index contributed by atoms with van der Waals surface area (Å²) < 4.78 is 14.6. The Balaban J connectivity index is 1.15. The molecule has 0 atom stereocenters. The summed E-state index contributed by atoms with van der Waals surface area (Å²) >= 11 is 3.42. The van der Waals surface area contributed by atoms with Crippen molar-refractivity contribution in [3.8, 4) is 17.2 Å². The zero-order valence-corrected chi connectivity index (χ0v) is 21.6.